The first-order valence-electron chi connectivity index (χ1n) is 18.2. The second-order valence-corrected chi connectivity index (χ2v) is 16.6. The van der Waals surface area contributed by atoms with Crippen LogP contribution >= 0.6 is 23.5 Å². The van der Waals surface area contributed by atoms with Gasteiger partial charge >= 0.3 is 0 Å². The molecule has 244 valence electrons. The highest BCUT2D eigenvalue weighted by Crippen LogP contribution is 2.43. The van der Waals surface area contributed by atoms with Crippen molar-refractivity contribution in [1.29, 1.82) is 0 Å². The summed E-state index contributed by atoms with van der Waals surface area (Å²) in [5.74, 6) is 2.00. The van der Waals surface area contributed by atoms with Crippen molar-refractivity contribution >= 4 is 91.8 Å². The topological polar surface area (TPSA) is 35.6 Å². The van der Waals surface area contributed by atoms with Crippen LogP contribution in [0.15, 0.2) is 159 Å². The Balaban J connectivity index is 1.09. The van der Waals surface area contributed by atoms with Gasteiger partial charge in [-0.15, -0.1) is 0 Å². The van der Waals surface area contributed by atoms with E-state index in [1.165, 1.54) is 80.3 Å². The van der Waals surface area contributed by atoms with E-state index in [0.29, 0.717) is 0 Å². The van der Waals surface area contributed by atoms with E-state index in [4.69, 9.17) is 9.97 Å². The second-order valence-electron chi connectivity index (χ2n) is 14.5. The van der Waals surface area contributed by atoms with Crippen molar-refractivity contribution in [2.75, 3.05) is 0 Å². The van der Waals surface area contributed by atoms with E-state index in [1.807, 2.05) is 23.5 Å². The van der Waals surface area contributed by atoms with Crippen molar-refractivity contribution in [3.63, 3.8) is 0 Å². The van der Waals surface area contributed by atoms with Crippen molar-refractivity contribution in [2.24, 2.45) is 0 Å². The van der Waals surface area contributed by atoms with Gasteiger partial charge in [-0.1, -0.05) is 138 Å². The molecular weight excluding hydrogens is 682 g/mol. The number of imidazole rings is 2. The Bertz CT molecular complexity index is 2890. The Morgan fingerprint density at radius 1 is 0.472 bits per heavy atom. The van der Waals surface area contributed by atoms with Crippen LogP contribution in [0.5, 0.6) is 0 Å². The van der Waals surface area contributed by atoms with Gasteiger partial charge in [0.1, 0.15) is 11.6 Å². The molecule has 4 aliphatic heterocycles. The maximum Gasteiger partial charge on any atom is 0.249 e. The van der Waals surface area contributed by atoms with Gasteiger partial charge < -0.3 is 0 Å². The molecule has 6 heterocycles. The minimum Gasteiger partial charge on any atom is -0.293 e. The number of rotatable bonds is 2. The highest BCUT2D eigenvalue weighted by Gasteiger charge is 2.45. The van der Waals surface area contributed by atoms with E-state index in [-0.39, 0.29) is 13.4 Å². The van der Waals surface area contributed by atoms with Crippen LogP contribution in [0.2, 0.25) is 0 Å². The predicted molar refractivity (Wildman–Crippen MR) is 222 cm³/mol. The monoisotopic (exact) mass is 708 g/mol. The summed E-state index contributed by atoms with van der Waals surface area (Å²) >= 11 is 3.90. The lowest BCUT2D eigenvalue weighted by molar-refractivity contribution is 1.10. The van der Waals surface area contributed by atoms with Crippen LogP contribution in [0, 0.1) is 6.92 Å². The SMILES string of the molecule is Cc1c2c(cc3c1Sc1cccc4c1B3c1cccc3nc(-c5ccccc5)n-4c13)B1c3c(cccc3-n3c(-c4ccccc4)nc4cccc1c43)S2. The van der Waals surface area contributed by atoms with Gasteiger partial charge in [-0.25, -0.2) is 9.97 Å². The highest BCUT2D eigenvalue weighted by atomic mass is 32.2. The summed E-state index contributed by atoms with van der Waals surface area (Å²) in [4.78, 5) is 16.0. The summed E-state index contributed by atoms with van der Waals surface area (Å²) in [5.41, 5.74) is 18.9. The molecule has 0 atom stereocenters. The average molecular weight is 708 g/mol. The van der Waals surface area contributed by atoms with Gasteiger partial charge in [0.05, 0.1) is 22.1 Å². The fourth-order valence-corrected chi connectivity index (χ4v) is 12.3. The van der Waals surface area contributed by atoms with Crippen LogP contribution in [-0.2, 0) is 0 Å². The maximum atomic E-state index is 5.30. The molecule has 0 amide bonds. The molecule has 2 aromatic heterocycles. The minimum atomic E-state index is 0.106. The molecule has 8 heteroatoms. The Labute approximate surface area is 315 Å². The van der Waals surface area contributed by atoms with Crippen LogP contribution in [0.25, 0.3) is 56.2 Å². The Morgan fingerprint density at radius 3 is 1.40 bits per heavy atom. The van der Waals surface area contributed by atoms with Gasteiger partial charge in [0, 0.05) is 42.1 Å². The molecule has 0 saturated heterocycles. The number of aromatic nitrogens is 4. The zero-order valence-corrected chi connectivity index (χ0v) is 30.2. The largest absolute Gasteiger partial charge is 0.293 e. The van der Waals surface area contributed by atoms with E-state index in [9.17, 15) is 0 Å². The van der Waals surface area contributed by atoms with Crippen molar-refractivity contribution in [3.05, 3.63) is 145 Å². The lowest BCUT2D eigenvalue weighted by Crippen LogP contribution is -2.63. The number of para-hydroxylation sites is 2. The Morgan fingerprint density at radius 2 is 0.925 bits per heavy atom. The fraction of sp³-hybridized carbons (Fsp3) is 0.0222. The minimum absolute atomic E-state index is 0.106. The highest BCUT2D eigenvalue weighted by molar-refractivity contribution is 8.01. The van der Waals surface area contributed by atoms with Gasteiger partial charge in [-0.3, -0.25) is 9.13 Å². The molecule has 0 spiro atoms. The Hall–Kier alpha value is -5.69. The van der Waals surface area contributed by atoms with Crippen LogP contribution < -0.4 is 32.8 Å². The van der Waals surface area contributed by atoms with E-state index in [0.717, 1.165) is 33.8 Å². The zero-order chi connectivity index (χ0) is 34.5. The molecule has 13 rings (SSSR count). The number of nitrogens with zero attached hydrogens (tertiary/aromatic N) is 4. The lowest BCUT2D eigenvalue weighted by atomic mass is 9.32. The first-order valence-corrected chi connectivity index (χ1v) is 19.8. The van der Waals surface area contributed by atoms with Gasteiger partial charge in [-0.05, 0) is 70.7 Å². The molecular formula is C45H26B2N4S2. The third kappa shape index (κ3) is 3.63. The number of benzene rings is 7. The molecule has 0 bridgehead atoms. The molecule has 4 aliphatic rings. The van der Waals surface area contributed by atoms with E-state index < -0.39 is 0 Å². The van der Waals surface area contributed by atoms with Crippen molar-refractivity contribution in [2.45, 2.75) is 26.5 Å². The van der Waals surface area contributed by atoms with Gasteiger partial charge in [0.15, 0.2) is 0 Å². The third-order valence-electron chi connectivity index (χ3n) is 11.8. The van der Waals surface area contributed by atoms with Crippen LogP contribution in [0.1, 0.15) is 5.56 Å². The summed E-state index contributed by atoms with van der Waals surface area (Å²) < 4.78 is 4.86. The summed E-state index contributed by atoms with van der Waals surface area (Å²) in [6, 6.07) is 51.1. The van der Waals surface area contributed by atoms with Crippen LogP contribution in [0.3, 0.4) is 0 Å². The van der Waals surface area contributed by atoms with Crippen molar-refractivity contribution in [3.8, 4) is 34.2 Å². The van der Waals surface area contributed by atoms with Gasteiger partial charge in [-0.2, -0.15) is 0 Å². The normalized spacial score (nSPS) is 13.9. The summed E-state index contributed by atoms with van der Waals surface area (Å²) in [5, 5.41) is 0. The molecule has 9 aromatic rings. The van der Waals surface area contributed by atoms with Crippen molar-refractivity contribution < 1.29 is 0 Å². The van der Waals surface area contributed by atoms with Gasteiger partial charge in [0.2, 0.25) is 13.4 Å². The van der Waals surface area contributed by atoms with Crippen LogP contribution in [0.4, 0.5) is 0 Å². The van der Waals surface area contributed by atoms with Crippen LogP contribution in [-0.4, -0.2) is 32.5 Å². The molecule has 0 radical (unpaired) electrons. The molecule has 0 aliphatic carbocycles. The quantitative estimate of drug-likeness (QED) is 0.190. The molecule has 4 nitrogen and oxygen atoms in total. The second kappa shape index (κ2) is 10.2. The van der Waals surface area contributed by atoms with Crippen molar-refractivity contribution in [1.82, 2.24) is 19.1 Å². The number of hydrogen-bond acceptors (Lipinski definition) is 4. The third-order valence-corrected chi connectivity index (χ3v) is 14.5. The first-order chi connectivity index (χ1) is 26.2. The molecule has 53 heavy (non-hydrogen) atoms. The first kappa shape index (κ1) is 28.8. The van der Waals surface area contributed by atoms with E-state index in [2.05, 4.69) is 156 Å². The number of fused-ring (bicyclic) bond motifs is 8. The smallest absolute Gasteiger partial charge is 0.249 e. The molecule has 0 saturated carbocycles. The molecule has 0 fully saturated rings. The maximum absolute atomic E-state index is 5.30. The number of hydrogen-bond donors (Lipinski definition) is 0. The fourth-order valence-electron chi connectivity index (χ4n) is 9.73. The molecule has 7 aromatic carbocycles. The predicted octanol–water partition coefficient (Wildman–Crippen LogP) is 6.60. The molecule has 0 unspecified atom stereocenters. The summed E-state index contributed by atoms with van der Waals surface area (Å²) in [6.07, 6.45) is 0. The summed E-state index contributed by atoms with van der Waals surface area (Å²) in [6.45, 7) is 2.58. The van der Waals surface area contributed by atoms with E-state index >= 15 is 0 Å². The van der Waals surface area contributed by atoms with Gasteiger partial charge in [0.25, 0.3) is 0 Å². The zero-order valence-electron chi connectivity index (χ0n) is 28.5. The lowest BCUT2D eigenvalue weighted by Gasteiger charge is -2.38. The Kier molecular flexibility index (Phi) is 5.58. The molecule has 0 N–H and O–H groups in total. The van der Waals surface area contributed by atoms with E-state index in [1.54, 1.807) is 0 Å². The standard InChI is InChI=1S/C45H26B2N4S2/c1-25-42-30(46-28-16-8-18-32-40(28)50(34-20-10-22-36(52-42)38(34)46)44(48-32)26-12-4-2-5-13-26)24-31-43(25)53-37-23-11-21-35-39(37)47(31)29-17-9-19-33-41(29)51(35)45(49-33)27-14-6-3-7-15-27/h2-24H,1H3. The summed E-state index contributed by atoms with van der Waals surface area (Å²) in [7, 11) is 0. The average Bonchev–Trinajstić information content (AvgIpc) is 3.80.